The molecule has 0 aliphatic heterocycles. The van der Waals surface area contributed by atoms with Gasteiger partial charge in [0.25, 0.3) is 0 Å². The first-order valence-corrected chi connectivity index (χ1v) is 5.28. The van der Waals surface area contributed by atoms with Gasteiger partial charge >= 0.3 is 5.97 Å². The molecule has 0 spiro atoms. The third kappa shape index (κ3) is 2.22. The number of hydrogen-bond acceptors (Lipinski definition) is 1. The maximum atomic E-state index is 13.8. The second-order valence-corrected chi connectivity index (χ2v) is 3.98. The second kappa shape index (κ2) is 4.56. The molecular weight excluding hydrogens is 238 g/mol. The van der Waals surface area contributed by atoms with Gasteiger partial charge in [-0.15, -0.1) is 0 Å². The van der Waals surface area contributed by atoms with Crippen molar-refractivity contribution in [3.8, 4) is 11.1 Å². The zero-order valence-corrected chi connectivity index (χ0v) is 9.58. The van der Waals surface area contributed by atoms with Crippen molar-refractivity contribution in [1.29, 1.82) is 0 Å². The molecule has 0 saturated carbocycles. The minimum absolute atomic E-state index is 0.0417. The highest BCUT2D eigenvalue weighted by atomic mass is 19.1. The quantitative estimate of drug-likeness (QED) is 0.880. The van der Waals surface area contributed by atoms with Gasteiger partial charge in [0.1, 0.15) is 11.6 Å². The van der Waals surface area contributed by atoms with Crippen LogP contribution in [-0.4, -0.2) is 11.1 Å². The molecule has 0 saturated heterocycles. The fraction of sp³-hybridized carbons (Fsp3) is 0.0714. The van der Waals surface area contributed by atoms with Crippen LogP contribution in [0.5, 0.6) is 0 Å². The molecule has 2 aromatic rings. The minimum Gasteiger partial charge on any atom is -0.478 e. The summed E-state index contributed by atoms with van der Waals surface area (Å²) in [5, 5.41) is 9.02. The maximum Gasteiger partial charge on any atom is 0.336 e. The Kier molecular flexibility index (Phi) is 3.10. The van der Waals surface area contributed by atoms with Crippen molar-refractivity contribution in [3.63, 3.8) is 0 Å². The van der Waals surface area contributed by atoms with Crippen molar-refractivity contribution < 1.29 is 18.7 Å². The molecule has 4 heteroatoms. The number of rotatable bonds is 2. The summed E-state index contributed by atoms with van der Waals surface area (Å²) in [5.74, 6) is -2.39. The first kappa shape index (κ1) is 12.2. The molecule has 92 valence electrons. The molecule has 2 nitrogen and oxygen atoms in total. The maximum absolute atomic E-state index is 13.8. The van der Waals surface area contributed by atoms with Crippen LogP contribution in [0.4, 0.5) is 8.78 Å². The minimum atomic E-state index is -1.22. The Morgan fingerprint density at radius 2 is 1.78 bits per heavy atom. The van der Waals surface area contributed by atoms with Gasteiger partial charge < -0.3 is 5.11 Å². The highest BCUT2D eigenvalue weighted by Crippen LogP contribution is 2.28. The van der Waals surface area contributed by atoms with Gasteiger partial charge in [-0.3, -0.25) is 0 Å². The Morgan fingerprint density at radius 3 is 2.39 bits per heavy atom. The van der Waals surface area contributed by atoms with Gasteiger partial charge in [0.15, 0.2) is 0 Å². The van der Waals surface area contributed by atoms with Crippen LogP contribution in [0.2, 0.25) is 0 Å². The second-order valence-electron chi connectivity index (χ2n) is 3.98. The lowest BCUT2D eigenvalue weighted by atomic mass is 9.98. The number of carbonyl (C=O) groups is 1. The molecule has 0 bridgehead atoms. The highest BCUT2D eigenvalue weighted by molar-refractivity contribution is 5.96. The highest BCUT2D eigenvalue weighted by Gasteiger charge is 2.15. The zero-order chi connectivity index (χ0) is 13.3. The summed E-state index contributed by atoms with van der Waals surface area (Å²) in [6, 6.07) is 7.58. The monoisotopic (exact) mass is 248 g/mol. The van der Waals surface area contributed by atoms with E-state index >= 15 is 0 Å². The predicted molar refractivity (Wildman–Crippen MR) is 63.5 cm³/mol. The van der Waals surface area contributed by atoms with Crippen LogP contribution in [-0.2, 0) is 0 Å². The van der Waals surface area contributed by atoms with E-state index in [1.165, 1.54) is 12.1 Å². The van der Waals surface area contributed by atoms with Gasteiger partial charge in [-0.1, -0.05) is 12.1 Å². The smallest absolute Gasteiger partial charge is 0.336 e. The molecule has 0 aromatic heterocycles. The van der Waals surface area contributed by atoms with Crippen LogP contribution in [0, 0.1) is 18.6 Å². The Labute approximate surface area is 103 Å². The van der Waals surface area contributed by atoms with E-state index in [0.29, 0.717) is 5.56 Å². The molecule has 0 unspecified atom stereocenters. The van der Waals surface area contributed by atoms with E-state index in [1.807, 2.05) is 0 Å². The number of aromatic carboxylic acids is 1. The average Bonchev–Trinajstić information content (AvgIpc) is 2.28. The molecule has 1 N–H and O–H groups in total. The average molecular weight is 248 g/mol. The van der Waals surface area contributed by atoms with Crippen LogP contribution < -0.4 is 0 Å². The molecule has 18 heavy (non-hydrogen) atoms. The van der Waals surface area contributed by atoms with Crippen molar-refractivity contribution in [3.05, 3.63) is 59.2 Å². The SMILES string of the molecule is Cc1ccc(-c2cc(F)ccc2C(=O)O)c(F)c1. The fourth-order valence-corrected chi connectivity index (χ4v) is 1.76. The van der Waals surface area contributed by atoms with E-state index in [2.05, 4.69) is 0 Å². The van der Waals surface area contributed by atoms with E-state index in [9.17, 15) is 13.6 Å². The molecule has 0 amide bonds. The van der Waals surface area contributed by atoms with Crippen LogP contribution in [0.25, 0.3) is 11.1 Å². The zero-order valence-electron chi connectivity index (χ0n) is 9.58. The normalized spacial score (nSPS) is 10.4. The number of carboxylic acid groups (broad SMARTS) is 1. The van der Waals surface area contributed by atoms with Crippen molar-refractivity contribution in [2.75, 3.05) is 0 Å². The van der Waals surface area contributed by atoms with Crippen molar-refractivity contribution >= 4 is 5.97 Å². The summed E-state index contributed by atoms with van der Waals surface area (Å²) in [4.78, 5) is 11.0. The summed E-state index contributed by atoms with van der Waals surface area (Å²) < 4.78 is 27.0. The van der Waals surface area contributed by atoms with Gasteiger partial charge in [0.2, 0.25) is 0 Å². The molecule has 0 fully saturated rings. The molecule has 2 rings (SSSR count). The van der Waals surface area contributed by atoms with E-state index in [4.69, 9.17) is 5.11 Å². The number of halogens is 2. The van der Waals surface area contributed by atoms with Gasteiger partial charge in [-0.25, -0.2) is 13.6 Å². The van der Waals surface area contributed by atoms with E-state index < -0.39 is 17.6 Å². The van der Waals surface area contributed by atoms with E-state index in [0.717, 1.165) is 18.2 Å². The topological polar surface area (TPSA) is 37.3 Å². The van der Waals surface area contributed by atoms with Crippen LogP contribution >= 0.6 is 0 Å². The molecule has 0 heterocycles. The van der Waals surface area contributed by atoms with Crippen LogP contribution in [0.3, 0.4) is 0 Å². The lowest BCUT2D eigenvalue weighted by Crippen LogP contribution is -2.01. The Bertz CT molecular complexity index is 621. The predicted octanol–water partition coefficient (Wildman–Crippen LogP) is 3.64. The van der Waals surface area contributed by atoms with Gasteiger partial charge in [-0.2, -0.15) is 0 Å². The lowest BCUT2D eigenvalue weighted by molar-refractivity contribution is 0.0697. The largest absolute Gasteiger partial charge is 0.478 e. The summed E-state index contributed by atoms with van der Waals surface area (Å²) in [6.45, 7) is 1.72. The summed E-state index contributed by atoms with van der Waals surface area (Å²) in [6.07, 6.45) is 0. The van der Waals surface area contributed by atoms with Crippen molar-refractivity contribution in [1.82, 2.24) is 0 Å². The van der Waals surface area contributed by atoms with E-state index in [1.54, 1.807) is 13.0 Å². The number of carboxylic acids is 1. The van der Waals surface area contributed by atoms with E-state index in [-0.39, 0.29) is 16.7 Å². The summed E-state index contributed by atoms with van der Waals surface area (Å²) >= 11 is 0. The number of aryl methyl sites for hydroxylation is 1. The molecule has 2 aromatic carbocycles. The lowest BCUT2D eigenvalue weighted by Gasteiger charge is -2.08. The fourth-order valence-electron chi connectivity index (χ4n) is 1.76. The molecule has 0 radical (unpaired) electrons. The van der Waals surface area contributed by atoms with Crippen LogP contribution in [0.1, 0.15) is 15.9 Å². The third-order valence-electron chi connectivity index (χ3n) is 2.63. The first-order chi connectivity index (χ1) is 8.49. The summed E-state index contributed by atoms with van der Waals surface area (Å²) in [5.41, 5.74) is 0.709. The Hall–Kier alpha value is -2.23. The Balaban J connectivity index is 2.69. The molecule has 0 aliphatic rings. The molecule has 0 aliphatic carbocycles. The number of hydrogen-bond donors (Lipinski definition) is 1. The van der Waals surface area contributed by atoms with Crippen molar-refractivity contribution in [2.24, 2.45) is 0 Å². The third-order valence-corrected chi connectivity index (χ3v) is 2.63. The van der Waals surface area contributed by atoms with Gasteiger partial charge in [0, 0.05) is 11.1 Å². The van der Waals surface area contributed by atoms with Crippen molar-refractivity contribution in [2.45, 2.75) is 6.92 Å². The summed E-state index contributed by atoms with van der Waals surface area (Å²) in [7, 11) is 0. The molecular formula is C14H10F2O2. The molecule has 0 atom stereocenters. The standard InChI is InChI=1S/C14H10F2O2/c1-8-2-4-10(13(16)6-8)12-7-9(15)3-5-11(12)14(17)18/h2-7H,1H3,(H,17,18). The van der Waals surface area contributed by atoms with Gasteiger partial charge in [-0.05, 0) is 36.8 Å². The Morgan fingerprint density at radius 1 is 1.06 bits per heavy atom. The number of benzene rings is 2. The van der Waals surface area contributed by atoms with Gasteiger partial charge in [0.05, 0.1) is 5.56 Å². The first-order valence-electron chi connectivity index (χ1n) is 5.28. The van der Waals surface area contributed by atoms with Crippen LogP contribution in [0.15, 0.2) is 36.4 Å².